The molecule has 1 unspecified atom stereocenters. The standard InChI is InChI=1S/C22H33N5OS/c1-23-22(25-17-11-13-27(14-12-17)21-10-7-15-29-21)24-16-19(26(2)3)18-8-5-6-9-20(18)28-4/h5-10,15,17,19H,11-14,16H2,1-4H3,(H2,23,24,25). The number of thiophene rings is 1. The van der Waals surface area contributed by atoms with Crippen molar-refractivity contribution in [2.24, 2.45) is 4.99 Å². The van der Waals surface area contributed by atoms with Gasteiger partial charge < -0.3 is 25.2 Å². The van der Waals surface area contributed by atoms with Crippen LogP contribution < -0.4 is 20.3 Å². The van der Waals surface area contributed by atoms with E-state index in [0.29, 0.717) is 6.04 Å². The summed E-state index contributed by atoms with van der Waals surface area (Å²) in [5.41, 5.74) is 1.17. The molecule has 1 aromatic heterocycles. The average molecular weight is 416 g/mol. The third kappa shape index (κ3) is 5.64. The lowest BCUT2D eigenvalue weighted by Crippen LogP contribution is -2.49. The third-order valence-electron chi connectivity index (χ3n) is 5.46. The smallest absolute Gasteiger partial charge is 0.191 e. The predicted molar refractivity (Wildman–Crippen MR) is 123 cm³/mol. The molecule has 1 atom stereocenters. The number of benzene rings is 1. The normalized spacial score (nSPS) is 16.7. The number of piperidine rings is 1. The summed E-state index contributed by atoms with van der Waals surface area (Å²) < 4.78 is 5.57. The van der Waals surface area contributed by atoms with Gasteiger partial charge in [0.25, 0.3) is 0 Å². The Labute approximate surface area is 178 Å². The fourth-order valence-corrected chi connectivity index (χ4v) is 4.57. The van der Waals surface area contributed by atoms with Crippen LogP contribution in [0, 0.1) is 0 Å². The molecular formula is C22H33N5OS. The van der Waals surface area contributed by atoms with Crippen LogP contribution in [-0.4, -0.2) is 64.8 Å². The van der Waals surface area contributed by atoms with Gasteiger partial charge in [-0.15, -0.1) is 11.3 Å². The molecule has 2 N–H and O–H groups in total. The molecule has 6 nitrogen and oxygen atoms in total. The molecule has 1 saturated heterocycles. The number of rotatable bonds is 7. The number of nitrogens with zero attached hydrogens (tertiary/aromatic N) is 3. The maximum atomic E-state index is 5.57. The van der Waals surface area contributed by atoms with Gasteiger partial charge in [-0.3, -0.25) is 4.99 Å². The number of hydrogen-bond donors (Lipinski definition) is 2. The van der Waals surface area contributed by atoms with Crippen LogP contribution in [0.4, 0.5) is 5.00 Å². The van der Waals surface area contributed by atoms with Gasteiger partial charge in [0.05, 0.1) is 18.2 Å². The lowest BCUT2D eigenvalue weighted by Gasteiger charge is -2.34. The summed E-state index contributed by atoms with van der Waals surface area (Å²) in [7, 11) is 7.75. The molecule has 0 saturated carbocycles. The van der Waals surface area contributed by atoms with Gasteiger partial charge in [0.2, 0.25) is 0 Å². The number of hydrogen-bond acceptors (Lipinski definition) is 5. The summed E-state index contributed by atoms with van der Waals surface area (Å²) >= 11 is 1.82. The molecule has 0 bridgehead atoms. The Bertz CT molecular complexity index is 769. The number of likely N-dealkylation sites (N-methyl/N-ethyl adjacent to an activating group) is 1. The van der Waals surface area contributed by atoms with Crippen molar-refractivity contribution in [1.29, 1.82) is 0 Å². The van der Waals surface area contributed by atoms with Crippen molar-refractivity contribution >= 4 is 22.3 Å². The van der Waals surface area contributed by atoms with Gasteiger partial charge in [-0.05, 0) is 50.5 Å². The highest BCUT2D eigenvalue weighted by atomic mass is 32.1. The monoisotopic (exact) mass is 415 g/mol. The van der Waals surface area contributed by atoms with Gasteiger partial charge in [-0.25, -0.2) is 0 Å². The summed E-state index contributed by atoms with van der Waals surface area (Å²) in [5.74, 6) is 1.78. The SMILES string of the molecule is CN=C(NCC(c1ccccc1OC)N(C)C)NC1CCN(c2cccs2)CC1. The quantitative estimate of drug-likeness (QED) is 0.537. The van der Waals surface area contributed by atoms with Crippen LogP contribution in [0.15, 0.2) is 46.8 Å². The number of para-hydroxylation sites is 1. The summed E-state index contributed by atoms with van der Waals surface area (Å²) in [6.07, 6.45) is 2.23. The Morgan fingerprint density at radius 3 is 2.62 bits per heavy atom. The Kier molecular flexibility index (Phi) is 7.77. The second-order valence-electron chi connectivity index (χ2n) is 7.53. The molecule has 0 spiro atoms. The topological polar surface area (TPSA) is 52.1 Å². The first-order valence-corrected chi connectivity index (χ1v) is 11.0. The first-order chi connectivity index (χ1) is 14.1. The van der Waals surface area contributed by atoms with Crippen molar-refractivity contribution in [1.82, 2.24) is 15.5 Å². The Morgan fingerprint density at radius 1 is 1.24 bits per heavy atom. The molecule has 3 rings (SSSR count). The first-order valence-electron chi connectivity index (χ1n) is 10.2. The van der Waals surface area contributed by atoms with E-state index in [0.717, 1.165) is 44.2 Å². The molecule has 29 heavy (non-hydrogen) atoms. The molecule has 7 heteroatoms. The van der Waals surface area contributed by atoms with Gasteiger partial charge in [0.1, 0.15) is 5.75 Å². The minimum absolute atomic E-state index is 0.186. The van der Waals surface area contributed by atoms with Crippen molar-refractivity contribution in [3.05, 3.63) is 47.3 Å². The zero-order chi connectivity index (χ0) is 20.6. The van der Waals surface area contributed by atoms with E-state index >= 15 is 0 Å². The van der Waals surface area contributed by atoms with Gasteiger partial charge in [0.15, 0.2) is 5.96 Å². The summed E-state index contributed by atoms with van der Waals surface area (Å²) in [4.78, 5) is 9.13. The second-order valence-corrected chi connectivity index (χ2v) is 8.46. The highest BCUT2D eigenvalue weighted by Crippen LogP contribution is 2.27. The van der Waals surface area contributed by atoms with Crippen LogP contribution >= 0.6 is 11.3 Å². The Morgan fingerprint density at radius 2 is 2.00 bits per heavy atom. The second kappa shape index (κ2) is 10.5. The van der Waals surface area contributed by atoms with E-state index in [1.54, 1.807) is 7.11 Å². The number of aliphatic imine (C=N–C) groups is 1. The number of ether oxygens (including phenoxy) is 1. The highest BCUT2D eigenvalue weighted by molar-refractivity contribution is 7.14. The zero-order valence-electron chi connectivity index (χ0n) is 17.9. The molecule has 0 amide bonds. The predicted octanol–water partition coefficient (Wildman–Crippen LogP) is 3.19. The molecule has 0 radical (unpaired) electrons. The van der Waals surface area contributed by atoms with Crippen LogP contribution in [0.25, 0.3) is 0 Å². The van der Waals surface area contributed by atoms with E-state index in [1.807, 2.05) is 30.5 Å². The number of methoxy groups -OCH3 is 1. The molecule has 2 heterocycles. The molecule has 1 fully saturated rings. The maximum absolute atomic E-state index is 5.57. The number of nitrogens with one attached hydrogen (secondary N) is 2. The van der Waals surface area contributed by atoms with Crippen LogP contribution in [0.1, 0.15) is 24.4 Å². The highest BCUT2D eigenvalue weighted by Gasteiger charge is 2.22. The van der Waals surface area contributed by atoms with Crippen molar-refractivity contribution in [3.63, 3.8) is 0 Å². The van der Waals surface area contributed by atoms with Crippen molar-refractivity contribution in [2.75, 3.05) is 52.8 Å². The van der Waals surface area contributed by atoms with Gasteiger partial charge in [0, 0.05) is 38.3 Å². The molecule has 2 aromatic rings. The van der Waals surface area contributed by atoms with E-state index in [4.69, 9.17) is 4.74 Å². The van der Waals surface area contributed by atoms with E-state index in [9.17, 15) is 0 Å². The van der Waals surface area contributed by atoms with E-state index in [1.165, 1.54) is 10.6 Å². The molecule has 0 aliphatic carbocycles. The van der Waals surface area contributed by atoms with E-state index in [-0.39, 0.29) is 6.04 Å². The van der Waals surface area contributed by atoms with Crippen molar-refractivity contribution in [3.8, 4) is 5.75 Å². The van der Waals surface area contributed by atoms with E-state index in [2.05, 4.69) is 69.2 Å². The number of guanidine groups is 1. The number of anilines is 1. The Balaban J connectivity index is 1.54. The fraction of sp³-hybridized carbons (Fsp3) is 0.500. The van der Waals surface area contributed by atoms with Crippen LogP contribution in [-0.2, 0) is 0 Å². The maximum Gasteiger partial charge on any atom is 0.191 e. The summed E-state index contributed by atoms with van der Waals surface area (Å²) in [5, 5.41) is 10.6. The van der Waals surface area contributed by atoms with Gasteiger partial charge in [-0.1, -0.05) is 18.2 Å². The fourth-order valence-electron chi connectivity index (χ4n) is 3.79. The van der Waals surface area contributed by atoms with Crippen molar-refractivity contribution < 1.29 is 4.74 Å². The summed E-state index contributed by atoms with van der Waals surface area (Å²) in [6.45, 7) is 2.91. The van der Waals surface area contributed by atoms with Crippen LogP contribution in [0.3, 0.4) is 0 Å². The van der Waals surface area contributed by atoms with Crippen molar-refractivity contribution in [2.45, 2.75) is 24.9 Å². The largest absolute Gasteiger partial charge is 0.496 e. The zero-order valence-corrected chi connectivity index (χ0v) is 18.7. The summed E-state index contributed by atoms with van der Waals surface area (Å²) in [6, 6.07) is 13.2. The van der Waals surface area contributed by atoms with Crippen LogP contribution in [0.2, 0.25) is 0 Å². The van der Waals surface area contributed by atoms with Gasteiger partial charge in [-0.2, -0.15) is 0 Å². The lowest BCUT2D eigenvalue weighted by atomic mass is 10.0. The molecule has 1 aliphatic heterocycles. The molecule has 158 valence electrons. The lowest BCUT2D eigenvalue weighted by molar-refractivity contribution is 0.287. The average Bonchev–Trinajstić information content (AvgIpc) is 3.28. The van der Waals surface area contributed by atoms with E-state index < -0.39 is 0 Å². The first kappa shape index (κ1) is 21.5. The molecule has 1 aliphatic rings. The van der Waals surface area contributed by atoms with Crippen LogP contribution in [0.5, 0.6) is 5.75 Å². The third-order valence-corrected chi connectivity index (χ3v) is 6.39. The molecular weight excluding hydrogens is 382 g/mol. The minimum Gasteiger partial charge on any atom is -0.496 e. The van der Waals surface area contributed by atoms with Gasteiger partial charge >= 0.3 is 0 Å². The molecule has 1 aromatic carbocycles. The Hall–Kier alpha value is -2.25. The minimum atomic E-state index is 0.186.